The fraction of sp³-hybridized carbons (Fsp3) is 0.308. The van der Waals surface area contributed by atoms with Gasteiger partial charge in [-0.15, -0.1) is 0 Å². The Kier molecular flexibility index (Phi) is 2.99. The molecule has 0 radical (unpaired) electrons. The average Bonchev–Trinajstić information content (AvgIpc) is 2.99. The van der Waals surface area contributed by atoms with E-state index in [4.69, 9.17) is 10.3 Å². The maximum absolute atomic E-state index is 5.53. The van der Waals surface area contributed by atoms with Crippen LogP contribution in [0.3, 0.4) is 0 Å². The Morgan fingerprint density at radius 1 is 1.22 bits per heavy atom. The minimum Gasteiger partial charge on any atom is -0.371 e. The lowest BCUT2D eigenvalue weighted by molar-refractivity contribution is 0.439. The van der Waals surface area contributed by atoms with E-state index in [1.54, 1.807) is 6.07 Å². The summed E-state index contributed by atoms with van der Waals surface area (Å²) in [5.41, 5.74) is 8.55. The molecule has 5 heteroatoms. The van der Waals surface area contributed by atoms with Gasteiger partial charge in [-0.25, -0.2) is 0 Å². The molecule has 1 saturated heterocycles. The zero-order valence-corrected chi connectivity index (χ0v) is 11.5. The van der Waals surface area contributed by atoms with Gasteiger partial charge in [-0.2, -0.15) is 0 Å². The predicted molar refractivity (Wildman–Crippen MR) is 75.5 cm³/mol. The molecule has 94 valence electrons. The van der Waals surface area contributed by atoms with Crippen LogP contribution in [-0.4, -0.2) is 18.2 Å². The SMILES string of the molecule is Nc1cc(-c2ccc(N3CCCC3)c(Br)c2)no1. The lowest BCUT2D eigenvalue weighted by Gasteiger charge is -2.19. The maximum Gasteiger partial charge on any atom is 0.222 e. The van der Waals surface area contributed by atoms with E-state index >= 15 is 0 Å². The predicted octanol–water partition coefficient (Wildman–Crippen LogP) is 3.29. The molecule has 2 aromatic rings. The first-order valence-corrected chi connectivity index (χ1v) is 6.80. The zero-order chi connectivity index (χ0) is 12.5. The molecule has 1 aromatic carbocycles. The largest absolute Gasteiger partial charge is 0.371 e. The van der Waals surface area contributed by atoms with Crippen molar-refractivity contribution in [3.05, 3.63) is 28.7 Å². The van der Waals surface area contributed by atoms with Gasteiger partial charge in [0.15, 0.2) is 0 Å². The number of rotatable bonds is 2. The summed E-state index contributed by atoms with van der Waals surface area (Å²) >= 11 is 3.63. The van der Waals surface area contributed by atoms with Crippen molar-refractivity contribution in [2.24, 2.45) is 0 Å². The number of aromatic nitrogens is 1. The fourth-order valence-electron chi connectivity index (χ4n) is 2.31. The molecule has 1 fully saturated rings. The molecule has 18 heavy (non-hydrogen) atoms. The van der Waals surface area contributed by atoms with Gasteiger partial charge in [0, 0.05) is 29.2 Å². The molecule has 4 nitrogen and oxygen atoms in total. The number of benzene rings is 1. The third kappa shape index (κ3) is 2.10. The second-order valence-corrected chi connectivity index (χ2v) is 5.33. The number of nitrogens with two attached hydrogens (primary N) is 1. The van der Waals surface area contributed by atoms with Gasteiger partial charge in [0.1, 0.15) is 5.69 Å². The number of anilines is 2. The van der Waals surface area contributed by atoms with E-state index in [1.165, 1.54) is 18.5 Å². The highest BCUT2D eigenvalue weighted by atomic mass is 79.9. The molecule has 1 aliphatic rings. The van der Waals surface area contributed by atoms with Crippen LogP contribution in [-0.2, 0) is 0 Å². The molecule has 0 aliphatic carbocycles. The van der Waals surface area contributed by atoms with Gasteiger partial charge >= 0.3 is 0 Å². The van der Waals surface area contributed by atoms with Crippen molar-refractivity contribution in [1.82, 2.24) is 5.16 Å². The molecule has 0 atom stereocenters. The van der Waals surface area contributed by atoms with Crippen molar-refractivity contribution in [1.29, 1.82) is 0 Å². The fourth-order valence-corrected chi connectivity index (χ4v) is 2.94. The maximum atomic E-state index is 5.53. The third-order valence-electron chi connectivity index (χ3n) is 3.22. The number of halogens is 1. The molecule has 0 spiro atoms. The quantitative estimate of drug-likeness (QED) is 0.925. The first-order valence-electron chi connectivity index (χ1n) is 6.01. The molecule has 1 aliphatic heterocycles. The Hall–Kier alpha value is -1.49. The Morgan fingerprint density at radius 2 is 2.00 bits per heavy atom. The van der Waals surface area contributed by atoms with Crippen LogP contribution in [0.15, 0.2) is 33.3 Å². The molecule has 0 amide bonds. The molecule has 1 aromatic heterocycles. The molecule has 2 heterocycles. The summed E-state index contributed by atoms with van der Waals surface area (Å²) in [6, 6.07) is 7.97. The normalized spacial score (nSPS) is 15.3. The highest BCUT2D eigenvalue weighted by Crippen LogP contribution is 2.33. The molecule has 0 unspecified atom stereocenters. The summed E-state index contributed by atoms with van der Waals surface area (Å²) in [5, 5.41) is 3.92. The summed E-state index contributed by atoms with van der Waals surface area (Å²) in [5.74, 6) is 0.338. The minimum atomic E-state index is 0.338. The first-order chi connectivity index (χ1) is 8.74. The van der Waals surface area contributed by atoms with E-state index in [2.05, 4.69) is 44.2 Å². The summed E-state index contributed by atoms with van der Waals surface area (Å²) in [7, 11) is 0. The van der Waals surface area contributed by atoms with Crippen molar-refractivity contribution >= 4 is 27.5 Å². The van der Waals surface area contributed by atoms with Crippen LogP contribution >= 0.6 is 15.9 Å². The molecule has 0 bridgehead atoms. The number of hydrogen-bond donors (Lipinski definition) is 1. The topological polar surface area (TPSA) is 55.3 Å². The van der Waals surface area contributed by atoms with E-state index in [9.17, 15) is 0 Å². The molecule has 3 rings (SSSR count). The highest BCUT2D eigenvalue weighted by Gasteiger charge is 2.15. The van der Waals surface area contributed by atoms with Crippen molar-refractivity contribution in [3.8, 4) is 11.3 Å². The zero-order valence-electron chi connectivity index (χ0n) is 9.90. The number of hydrogen-bond acceptors (Lipinski definition) is 4. The summed E-state index contributed by atoms with van der Waals surface area (Å²) < 4.78 is 5.98. The van der Waals surface area contributed by atoms with Crippen LogP contribution in [0.4, 0.5) is 11.6 Å². The van der Waals surface area contributed by atoms with Gasteiger partial charge in [-0.05, 0) is 40.9 Å². The van der Waals surface area contributed by atoms with Gasteiger partial charge in [-0.3, -0.25) is 0 Å². The van der Waals surface area contributed by atoms with E-state index in [0.717, 1.165) is 28.8 Å². The van der Waals surface area contributed by atoms with Crippen LogP contribution in [0.5, 0.6) is 0 Å². The second kappa shape index (κ2) is 4.65. The molecule has 2 N–H and O–H groups in total. The number of nitrogens with zero attached hydrogens (tertiary/aromatic N) is 2. The summed E-state index contributed by atoms with van der Waals surface area (Å²) in [4.78, 5) is 2.39. The van der Waals surface area contributed by atoms with Crippen LogP contribution in [0, 0.1) is 0 Å². The van der Waals surface area contributed by atoms with Crippen LogP contribution in [0.25, 0.3) is 11.3 Å². The van der Waals surface area contributed by atoms with Crippen molar-refractivity contribution in [2.75, 3.05) is 23.7 Å². The first kappa shape index (κ1) is 11.6. The van der Waals surface area contributed by atoms with Crippen LogP contribution in [0.1, 0.15) is 12.8 Å². The van der Waals surface area contributed by atoms with Gasteiger partial charge in [-0.1, -0.05) is 11.2 Å². The van der Waals surface area contributed by atoms with Crippen molar-refractivity contribution in [2.45, 2.75) is 12.8 Å². The van der Waals surface area contributed by atoms with Gasteiger partial charge in [0.25, 0.3) is 0 Å². The second-order valence-electron chi connectivity index (χ2n) is 4.47. The van der Waals surface area contributed by atoms with Crippen molar-refractivity contribution < 1.29 is 4.52 Å². The Labute approximate surface area is 114 Å². The van der Waals surface area contributed by atoms with E-state index in [1.807, 2.05) is 0 Å². The van der Waals surface area contributed by atoms with E-state index < -0.39 is 0 Å². The highest BCUT2D eigenvalue weighted by molar-refractivity contribution is 9.10. The van der Waals surface area contributed by atoms with Gasteiger partial charge in [0.05, 0.1) is 5.69 Å². The Morgan fingerprint density at radius 3 is 2.61 bits per heavy atom. The van der Waals surface area contributed by atoms with Crippen molar-refractivity contribution in [3.63, 3.8) is 0 Å². The average molecular weight is 308 g/mol. The molecular formula is C13H14BrN3O. The van der Waals surface area contributed by atoms with E-state index in [0.29, 0.717) is 5.88 Å². The van der Waals surface area contributed by atoms with Crippen LogP contribution < -0.4 is 10.6 Å². The summed E-state index contributed by atoms with van der Waals surface area (Å²) in [6.07, 6.45) is 2.54. The minimum absolute atomic E-state index is 0.338. The summed E-state index contributed by atoms with van der Waals surface area (Å²) in [6.45, 7) is 2.27. The number of nitrogen functional groups attached to an aromatic ring is 1. The lowest BCUT2D eigenvalue weighted by Crippen LogP contribution is -2.17. The monoisotopic (exact) mass is 307 g/mol. The Balaban J connectivity index is 1.93. The smallest absolute Gasteiger partial charge is 0.222 e. The molecular weight excluding hydrogens is 294 g/mol. The Bertz CT molecular complexity index is 561. The third-order valence-corrected chi connectivity index (χ3v) is 3.85. The lowest BCUT2D eigenvalue weighted by atomic mass is 10.1. The van der Waals surface area contributed by atoms with E-state index in [-0.39, 0.29) is 0 Å². The van der Waals surface area contributed by atoms with Gasteiger partial charge in [0.2, 0.25) is 5.88 Å². The van der Waals surface area contributed by atoms with Gasteiger partial charge < -0.3 is 15.2 Å². The molecule has 0 saturated carbocycles. The van der Waals surface area contributed by atoms with Crippen LogP contribution in [0.2, 0.25) is 0 Å². The standard InChI is InChI=1S/C13H14BrN3O/c14-10-7-9(11-8-13(15)18-16-11)3-4-12(10)17-5-1-2-6-17/h3-4,7-8H,1-2,5-6,15H2.